The Bertz CT molecular complexity index is 789. The molecule has 9 heteroatoms. The molecule has 0 fully saturated rings. The summed E-state index contributed by atoms with van der Waals surface area (Å²) in [6, 6.07) is 8.70. The molecule has 0 aliphatic carbocycles. The van der Waals surface area contributed by atoms with Gasteiger partial charge in [0, 0.05) is 0 Å². The van der Waals surface area contributed by atoms with E-state index in [0.717, 1.165) is 12.1 Å². The lowest BCUT2D eigenvalue weighted by molar-refractivity contribution is -0.204. The van der Waals surface area contributed by atoms with Gasteiger partial charge in [-0.15, -0.1) is 5.11 Å². The third-order valence-electron chi connectivity index (χ3n) is 2.95. The summed E-state index contributed by atoms with van der Waals surface area (Å²) in [5, 5.41) is 12.3. The minimum Gasteiger partial charge on any atom is -0.478 e. The van der Waals surface area contributed by atoms with Gasteiger partial charge in [-0.05, 0) is 22.9 Å². The smallest absolute Gasteiger partial charge is 0.449 e. The summed E-state index contributed by atoms with van der Waals surface area (Å²) in [7, 11) is 0. The van der Waals surface area contributed by atoms with Gasteiger partial charge in [-0.2, -0.15) is 13.2 Å². The predicted molar refractivity (Wildman–Crippen MR) is 71.3 cm³/mol. The van der Waals surface area contributed by atoms with E-state index in [1.54, 1.807) is 24.3 Å². The van der Waals surface area contributed by atoms with Gasteiger partial charge in [0.2, 0.25) is 0 Å². The number of rotatable bonds is 4. The van der Waals surface area contributed by atoms with Crippen LogP contribution in [0.2, 0.25) is 0 Å². The Hall–Kier alpha value is -2.97. The Kier molecular flexibility index (Phi) is 4.30. The van der Waals surface area contributed by atoms with Gasteiger partial charge in [-0.25, -0.2) is 15.1 Å². The Morgan fingerprint density at radius 3 is 2.09 bits per heavy atom. The summed E-state index contributed by atoms with van der Waals surface area (Å²) in [4.78, 5) is 23.1. The fourth-order valence-corrected chi connectivity index (χ4v) is 1.92. The summed E-state index contributed by atoms with van der Waals surface area (Å²) in [6.07, 6.45) is -8.04. The van der Waals surface area contributed by atoms with E-state index in [2.05, 4.69) is 9.85 Å². The van der Waals surface area contributed by atoms with Crippen LogP contribution in [0.15, 0.2) is 41.5 Å². The number of hydrogen-bond acceptors (Lipinski definition) is 5. The number of fused-ring (bicyclic) bond motifs is 1. The Morgan fingerprint density at radius 2 is 1.65 bits per heavy atom. The van der Waals surface area contributed by atoms with Crippen LogP contribution in [-0.4, -0.2) is 29.4 Å². The largest absolute Gasteiger partial charge is 0.478 e. The summed E-state index contributed by atoms with van der Waals surface area (Å²) >= 11 is 0. The molecule has 0 radical (unpaired) electrons. The van der Waals surface area contributed by atoms with Gasteiger partial charge in [-0.3, -0.25) is 0 Å². The number of nitrogens with zero attached hydrogens (tertiary/aromatic N) is 1. The molecule has 2 aromatic rings. The molecular weight excluding hydrogens is 317 g/mol. The zero-order valence-electron chi connectivity index (χ0n) is 11.3. The number of carbonyl (C=O) groups excluding carboxylic acids is 1. The van der Waals surface area contributed by atoms with E-state index in [4.69, 9.17) is 10.6 Å². The molecule has 0 spiro atoms. The summed E-state index contributed by atoms with van der Waals surface area (Å²) in [6.45, 7) is 0. The van der Waals surface area contributed by atoms with Gasteiger partial charge in [0.25, 0.3) is 0 Å². The van der Waals surface area contributed by atoms with Crippen molar-refractivity contribution in [2.75, 3.05) is 0 Å². The number of carboxylic acids is 1. The monoisotopic (exact) mass is 326 g/mol. The highest BCUT2D eigenvalue weighted by Gasteiger charge is 2.43. The number of benzene rings is 2. The number of carboxylic acid groups (broad SMARTS) is 1. The van der Waals surface area contributed by atoms with Crippen molar-refractivity contribution >= 4 is 22.7 Å². The molecule has 0 saturated carbocycles. The number of aromatic carboxylic acids is 1. The minimum absolute atomic E-state index is 0.454. The topological polar surface area (TPSA) is 99.8 Å². The van der Waals surface area contributed by atoms with Gasteiger partial charge in [0.1, 0.15) is 0 Å². The van der Waals surface area contributed by atoms with E-state index in [0.29, 0.717) is 10.8 Å². The fraction of sp³-hybridized carbons (Fsp3) is 0.143. The first-order valence-corrected chi connectivity index (χ1v) is 6.14. The average molecular weight is 326 g/mol. The van der Waals surface area contributed by atoms with Crippen LogP contribution in [-0.2, 0) is 4.74 Å². The molecule has 23 heavy (non-hydrogen) atoms. The van der Waals surface area contributed by atoms with Crippen molar-refractivity contribution in [1.82, 2.24) is 0 Å². The highest BCUT2D eigenvalue weighted by Crippen LogP contribution is 2.26. The number of alkyl halides is 3. The highest BCUT2D eigenvalue weighted by molar-refractivity contribution is 6.06. The number of ether oxygens (including phenoxy) is 1. The van der Waals surface area contributed by atoms with Crippen molar-refractivity contribution < 1.29 is 32.6 Å². The SMILES string of the molecule is N=NC(OC(=O)c1cc2ccccc2cc1C(=O)O)C(F)(F)F. The van der Waals surface area contributed by atoms with E-state index in [-0.39, 0.29) is 0 Å². The highest BCUT2D eigenvalue weighted by atomic mass is 19.4. The maximum Gasteiger partial charge on any atom is 0.449 e. The number of halogens is 3. The van der Waals surface area contributed by atoms with Crippen LogP contribution in [0.3, 0.4) is 0 Å². The van der Waals surface area contributed by atoms with Crippen LogP contribution in [0.5, 0.6) is 0 Å². The Morgan fingerprint density at radius 1 is 1.13 bits per heavy atom. The Labute approximate surface area is 127 Å². The van der Waals surface area contributed by atoms with E-state index < -0.39 is 35.5 Å². The lowest BCUT2D eigenvalue weighted by Gasteiger charge is -2.16. The van der Waals surface area contributed by atoms with Crippen LogP contribution >= 0.6 is 0 Å². The van der Waals surface area contributed by atoms with Crippen LogP contribution in [0, 0.1) is 5.53 Å². The Balaban J connectivity index is 2.48. The van der Waals surface area contributed by atoms with Crippen molar-refractivity contribution in [3.8, 4) is 0 Å². The molecule has 0 aliphatic rings. The molecule has 0 amide bonds. The molecule has 0 aliphatic heterocycles. The molecule has 0 bridgehead atoms. The standard InChI is InChI=1S/C14H9F3N2O4/c15-14(16,17)13(19-18)23-12(22)10-6-8-4-2-1-3-7(8)5-9(10)11(20)21/h1-6,13,18H,(H,20,21). The first-order chi connectivity index (χ1) is 10.7. The van der Waals surface area contributed by atoms with Crippen LogP contribution in [0.25, 0.3) is 10.8 Å². The number of hydrogen-bond donors (Lipinski definition) is 2. The third kappa shape index (κ3) is 3.44. The molecule has 6 nitrogen and oxygen atoms in total. The van der Waals surface area contributed by atoms with Gasteiger partial charge in [0.05, 0.1) is 11.1 Å². The third-order valence-corrected chi connectivity index (χ3v) is 2.95. The van der Waals surface area contributed by atoms with E-state index in [1.807, 2.05) is 0 Å². The van der Waals surface area contributed by atoms with Gasteiger partial charge in [-0.1, -0.05) is 24.3 Å². The molecule has 1 atom stereocenters. The maximum absolute atomic E-state index is 12.5. The molecule has 1 unspecified atom stereocenters. The number of esters is 1. The second-order valence-electron chi connectivity index (χ2n) is 4.48. The fourth-order valence-electron chi connectivity index (χ4n) is 1.92. The van der Waals surface area contributed by atoms with E-state index in [9.17, 15) is 22.8 Å². The first-order valence-electron chi connectivity index (χ1n) is 6.14. The molecule has 0 saturated heterocycles. The lowest BCUT2D eigenvalue weighted by Crippen LogP contribution is -2.32. The van der Waals surface area contributed by atoms with Crippen molar-refractivity contribution in [3.63, 3.8) is 0 Å². The van der Waals surface area contributed by atoms with Gasteiger partial charge in [0.15, 0.2) is 0 Å². The number of nitrogens with one attached hydrogen (secondary N) is 1. The van der Waals surface area contributed by atoms with Crippen molar-refractivity contribution in [2.45, 2.75) is 12.4 Å². The molecule has 2 aromatic carbocycles. The van der Waals surface area contributed by atoms with Crippen LogP contribution in [0.4, 0.5) is 13.2 Å². The summed E-state index contributed by atoms with van der Waals surface area (Å²) in [5.41, 5.74) is 5.40. The van der Waals surface area contributed by atoms with Gasteiger partial charge >= 0.3 is 24.3 Å². The van der Waals surface area contributed by atoms with E-state index in [1.165, 1.54) is 0 Å². The summed E-state index contributed by atoms with van der Waals surface area (Å²) in [5.74, 6) is -3.01. The zero-order valence-corrected chi connectivity index (χ0v) is 11.3. The molecule has 0 heterocycles. The minimum atomic E-state index is -5.06. The lowest BCUT2D eigenvalue weighted by atomic mass is 10.0. The summed E-state index contributed by atoms with van der Waals surface area (Å²) < 4.78 is 41.6. The van der Waals surface area contributed by atoms with Crippen molar-refractivity contribution in [2.24, 2.45) is 5.11 Å². The molecular formula is C14H9F3N2O4. The normalized spacial score (nSPS) is 12.7. The van der Waals surface area contributed by atoms with Crippen LogP contribution in [0.1, 0.15) is 20.7 Å². The predicted octanol–water partition coefficient (Wildman–Crippen LogP) is 3.61. The zero-order chi connectivity index (χ0) is 17.2. The average Bonchev–Trinajstić information content (AvgIpc) is 2.49. The molecule has 120 valence electrons. The van der Waals surface area contributed by atoms with Gasteiger partial charge < -0.3 is 9.84 Å². The molecule has 2 N–H and O–H groups in total. The van der Waals surface area contributed by atoms with Crippen LogP contribution < -0.4 is 0 Å². The van der Waals surface area contributed by atoms with Crippen molar-refractivity contribution in [3.05, 3.63) is 47.5 Å². The second kappa shape index (κ2) is 6.03. The molecule has 2 rings (SSSR count). The van der Waals surface area contributed by atoms with E-state index >= 15 is 0 Å². The first kappa shape index (κ1) is 16.4. The maximum atomic E-state index is 12.5. The van der Waals surface area contributed by atoms with Crippen molar-refractivity contribution in [1.29, 1.82) is 5.53 Å². The second-order valence-corrected chi connectivity index (χ2v) is 4.48. The quantitative estimate of drug-likeness (QED) is 0.662. The molecule has 0 aromatic heterocycles. The number of carbonyl (C=O) groups is 2.